The summed E-state index contributed by atoms with van der Waals surface area (Å²) in [5.41, 5.74) is 1.50. The Labute approximate surface area is 184 Å². The van der Waals surface area contributed by atoms with E-state index < -0.39 is 4.92 Å². The van der Waals surface area contributed by atoms with Crippen molar-refractivity contribution in [1.82, 2.24) is 9.80 Å². The molecule has 4 rings (SSSR count). The highest BCUT2D eigenvalue weighted by molar-refractivity contribution is 5.92. The molecule has 0 spiro atoms. The summed E-state index contributed by atoms with van der Waals surface area (Å²) in [6.07, 6.45) is 0. The van der Waals surface area contributed by atoms with Crippen molar-refractivity contribution in [2.75, 3.05) is 33.3 Å². The quantitative estimate of drug-likeness (QED) is 0.427. The van der Waals surface area contributed by atoms with Crippen LogP contribution in [0.3, 0.4) is 0 Å². The molecule has 1 fully saturated rings. The van der Waals surface area contributed by atoms with Crippen molar-refractivity contribution in [3.05, 3.63) is 81.9 Å². The monoisotopic (exact) mass is 439 g/mol. The number of piperazine rings is 1. The zero-order valence-corrected chi connectivity index (χ0v) is 17.5. The number of carbonyl (C=O) groups is 1. The van der Waals surface area contributed by atoms with Gasteiger partial charge in [0, 0.05) is 50.4 Å². The Morgan fingerprint density at radius 2 is 1.81 bits per heavy atom. The summed E-state index contributed by atoms with van der Waals surface area (Å²) in [5, 5.41) is 10.8. The van der Waals surface area contributed by atoms with Crippen LogP contribution in [-0.2, 0) is 6.54 Å². The smallest absolute Gasteiger partial charge is 0.289 e. The van der Waals surface area contributed by atoms with Crippen molar-refractivity contribution in [2.45, 2.75) is 6.54 Å². The normalized spacial score (nSPS) is 14.4. The molecule has 0 saturated carbocycles. The first-order chi connectivity index (χ1) is 15.4. The number of methoxy groups -OCH3 is 1. The number of benzene rings is 2. The molecule has 8 nitrogen and oxygen atoms in total. The van der Waals surface area contributed by atoms with Crippen LogP contribution in [0.1, 0.15) is 16.1 Å². The van der Waals surface area contributed by atoms with Gasteiger partial charge in [-0.05, 0) is 42.0 Å². The Balaban J connectivity index is 1.34. The van der Waals surface area contributed by atoms with Crippen molar-refractivity contribution < 1.29 is 23.3 Å². The second kappa shape index (κ2) is 9.19. The summed E-state index contributed by atoms with van der Waals surface area (Å²) in [7, 11) is 1.43. The fraction of sp³-hybridized carbons (Fsp3) is 0.261. The number of nitro groups is 1. The molecule has 1 aliphatic heterocycles. The van der Waals surface area contributed by atoms with Gasteiger partial charge in [0.1, 0.15) is 5.76 Å². The molecule has 0 radical (unpaired) electrons. The summed E-state index contributed by atoms with van der Waals surface area (Å²) in [4.78, 5) is 27.0. The van der Waals surface area contributed by atoms with E-state index in [-0.39, 0.29) is 28.9 Å². The third-order valence-corrected chi connectivity index (χ3v) is 5.46. The van der Waals surface area contributed by atoms with Crippen LogP contribution in [-0.4, -0.2) is 53.9 Å². The van der Waals surface area contributed by atoms with Gasteiger partial charge in [0.25, 0.3) is 11.6 Å². The largest absolute Gasteiger partial charge is 0.494 e. The Hall–Kier alpha value is -3.72. The lowest BCUT2D eigenvalue weighted by Gasteiger charge is -2.34. The summed E-state index contributed by atoms with van der Waals surface area (Å²) >= 11 is 0. The minimum absolute atomic E-state index is 0.00754. The van der Waals surface area contributed by atoms with E-state index in [0.717, 1.165) is 5.56 Å². The van der Waals surface area contributed by atoms with Gasteiger partial charge in [-0.2, -0.15) is 0 Å². The topological polar surface area (TPSA) is 89.1 Å². The molecule has 1 amide bonds. The van der Waals surface area contributed by atoms with Crippen molar-refractivity contribution in [2.24, 2.45) is 0 Å². The third-order valence-electron chi connectivity index (χ3n) is 5.46. The first kappa shape index (κ1) is 21.5. The molecule has 0 atom stereocenters. The summed E-state index contributed by atoms with van der Waals surface area (Å²) in [6, 6.07) is 14.2. The second-order valence-electron chi connectivity index (χ2n) is 7.51. The van der Waals surface area contributed by atoms with Gasteiger partial charge >= 0.3 is 0 Å². The lowest BCUT2D eigenvalue weighted by atomic mass is 10.1. The number of furan rings is 1. The minimum Gasteiger partial charge on any atom is -0.494 e. The highest BCUT2D eigenvalue weighted by Gasteiger charge is 2.24. The second-order valence-corrected chi connectivity index (χ2v) is 7.51. The average molecular weight is 439 g/mol. The summed E-state index contributed by atoms with van der Waals surface area (Å²) in [6.45, 7) is 2.98. The van der Waals surface area contributed by atoms with E-state index in [9.17, 15) is 19.3 Å². The maximum Gasteiger partial charge on any atom is 0.289 e. The first-order valence-electron chi connectivity index (χ1n) is 10.1. The summed E-state index contributed by atoms with van der Waals surface area (Å²) in [5.74, 6) is 0.330. The number of non-ortho nitro benzene ring substituents is 1. The van der Waals surface area contributed by atoms with E-state index in [1.54, 1.807) is 35.2 Å². The third kappa shape index (κ3) is 4.62. The number of hydrogen-bond acceptors (Lipinski definition) is 6. The van der Waals surface area contributed by atoms with Crippen LogP contribution < -0.4 is 4.74 Å². The van der Waals surface area contributed by atoms with E-state index in [4.69, 9.17) is 9.15 Å². The Kier molecular flexibility index (Phi) is 6.18. The van der Waals surface area contributed by atoms with Gasteiger partial charge in [-0.15, -0.1) is 0 Å². The molecule has 0 bridgehead atoms. The molecular weight excluding hydrogens is 417 g/mol. The molecule has 1 aromatic heterocycles. The molecule has 9 heteroatoms. The Morgan fingerprint density at radius 3 is 2.44 bits per heavy atom. The van der Waals surface area contributed by atoms with Gasteiger partial charge in [-0.1, -0.05) is 6.07 Å². The number of ether oxygens (including phenoxy) is 1. The highest BCUT2D eigenvalue weighted by atomic mass is 19.1. The van der Waals surface area contributed by atoms with Crippen LogP contribution in [0.2, 0.25) is 0 Å². The van der Waals surface area contributed by atoms with Crippen LogP contribution in [0.25, 0.3) is 11.3 Å². The molecule has 1 saturated heterocycles. The predicted octanol–water partition coefficient (Wildman–Crippen LogP) is 3.96. The summed E-state index contributed by atoms with van der Waals surface area (Å²) < 4.78 is 24.6. The van der Waals surface area contributed by atoms with Crippen molar-refractivity contribution in [3.8, 4) is 17.1 Å². The fourth-order valence-electron chi connectivity index (χ4n) is 3.69. The lowest BCUT2D eigenvalue weighted by Crippen LogP contribution is -2.48. The molecule has 0 aliphatic carbocycles. The van der Waals surface area contributed by atoms with E-state index in [0.29, 0.717) is 44.0 Å². The number of amides is 1. The SMILES string of the molecule is COc1ccc(CN2CCN(C(=O)c3ccc(-c4ccc([N+](=O)[O-])cc4)o3)CC2)cc1F. The van der Waals surface area contributed by atoms with Crippen LogP contribution >= 0.6 is 0 Å². The van der Waals surface area contributed by atoms with Crippen molar-refractivity contribution >= 4 is 11.6 Å². The molecule has 0 unspecified atom stereocenters. The van der Waals surface area contributed by atoms with Crippen LogP contribution in [0.15, 0.2) is 59.0 Å². The molecule has 2 aromatic carbocycles. The average Bonchev–Trinajstić information content (AvgIpc) is 3.30. The van der Waals surface area contributed by atoms with E-state index in [2.05, 4.69) is 4.90 Å². The molecular formula is C23H22FN3O5. The molecule has 1 aliphatic rings. The maximum absolute atomic E-state index is 13.9. The van der Waals surface area contributed by atoms with Crippen LogP contribution in [0, 0.1) is 15.9 Å². The molecule has 32 heavy (non-hydrogen) atoms. The van der Waals surface area contributed by atoms with Crippen LogP contribution in [0.5, 0.6) is 5.75 Å². The van der Waals surface area contributed by atoms with Crippen molar-refractivity contribution in [3.63, 3.8) is 0 Å². The fourth-order valence-corrected chi connectivity index (χ4v) is 3.69. The zero-order valence-electron chi connectivity index (χ0n) is 17.5. The minimum atomic E-state index is -0.467. The van der Waals surface area contributed by atoms with E-state index >= 15 is 0 Å². The van der Waals surface area contributed by atoms with Crippen LogP contribution in [0.4, 0.5) is 10.1 Å². The van der Waals surface area contributed by atoms with E-state index in [1.165, 1.54) is 25.3 Å². The highest BCUT2D eigenvalue weighted by Crippen LogP contribution is 2.25. The van der Waals surface area contributed by atoms with Gasteiger partial charge in [0.2, 0.25) is 0 Å². The molecule has 166 valence electrons. The van der Waals surface area contributed by atoms with Gasteiger partial charge in [-0.25, -0.2) is 4.39 Å². The van der Waals surface area contributed by atoms with Crippen molar-refractivity contribution in [1.29, 1.82) is 0 Å². The Morgan fingerprint density at radius 1 is 1.09 bits per heavy atom. The first-order valence-corrected chi connectivity index (χ1v) is 10.1. The maximum atomic E-state index is 13.9. The van der Waals surface area contributed by atoms with Gasteiger partial charge in [0.15, 0.2) is 17.3 Å². The lowest BCUT2D eigenvalue weighted by molar-refractivity contribution is -0.384. The number of nitro benzene ring substituents is 1. The van der Waals surface area contributed by atoms with Gasteiger partial charge in [0.05, 0.1) is 12.0 Å². The van der Waals surface area contributed by atoms with Gasteiger partial charge < -0.3 is 14.1 Å². The molecule has 2 heterocycles. The number of halogens is 1. The zero-order chi connectivity index (χ0) is 22.7. The van der Waals surface area contributed by atoms with E-state index in [1.807, 2.05) is 6.07 Å². The molecule has 3 aromatic rings. The molecule has 0 N–H and O–H groups in total. The predicted molar refractivity (Wildman–Crippen MR) is 115 cm³/mol. The number of nitrogens with zero attached hydrogens (tertiary/aromatic N) is 3. The van der Waals surface area contributed by atoms with Gasteiger partial charge in [-0.3, -0.25) is 19.8 Å². The Bertz CT molecular complexity index is 1120. The number of hydrogen-bond donors (Lipinski definition) is 0. The number of carbonyl (C=O) groups excluding carboxylic acids is 1. The number of rotatable bonds is 6. The standard InChI is InChI=1S/C23H22FN3O5/c1-31-21-7-2-16(14-19(21)24)15-25-10-12-26(13-11-25)23(28)22-9-8-20(32-22)17-3-5-18(6-4-17)27(29)30/h2-9,14H,10-13,15H2,1H3.